The molecule has 2 aromatic carbocycles. The van der Waals surface area contributed by atoms with Crippen molar-refractivity contribution < 1.29 is 9.84 Å². The zero-order valence-electron chi connectivity index (χ0n) is 14.0. The quantitative estimate of drug-likeness (QED) is 0.784. The van der Waals surface area contributed by atoms with Crippen molar-refractivity contribution in [1.82, 2.24) is 9.88 Å². The third-order valence-corrected chi connectivity index (χ3v) is 3.83. The highest BCUT2D eigenvalue weighted by molar-refractivity contribution is 6.02. The van der Waals surface area contributed by atoms with E-state index in [1.165, 1.54) is 0 Å². The number of ether oxygens (including phenoxy) is 1. The van der Waals surface area contributed by atoms with Crippen LogP contribution in [-0.2, 0) is 0 Å². The van der Waals surface area contributed by atoms with E-state index in [-0.39, 0.29) is 5.75 Å². The Bertz CT molecular complexity index is 884. The summed E-state index contributed by atoms with van der Waals surface area (Å²) < 4.78 is 5.31. The van der Waals surface area contributed by atoms with Gasteiger partial charge in [0.1, 0.15) is 5.75 Å². The largest absolute Gasteiger partial charge is 0.507 e. The Labute approximate surface area is 141 Å². The van der Waals surface area contributed by atoms with Gasteiger partial charge in [0.2, 0.25) is 5.88 Å². The van der Waals surface area contributed by atoms with Crippen LogP contribution in [0, 0.1) is 0 Å². The minimum Gasteiger partial charge on any atom is -0.507 e. The summed E-state index contributed by atoms with van der Waals surface area (Å²) in [5.74, 6) is 0.731. The molecule has 0 aliphatic carbocycles. The number of rotatable bonds is 4. The number of hydrogen-bond acceptors (Lipinski definition) is 4. The van der Waals surface area contributed by atoms with E-state index in [2.05, 4.69) is 4.98 Å². The first-order valence-electron chi connectivity index (χ1n) is 7.70. The minimum absolute atomic E-state index is 0.222. The molecule has 4 heteroatoms. The van der Waals surface area contributed by atoms with E-state index in [9.17, 15) is 5.11 Å². The maximum absolute atomic E-state index is 10.3. The lowest BCUT2D eigenvalue weighted by Gasteiger charge is -2.11. The standard InChI is InChI=1S/C20H20N2O2/c1-22(2)12-11-14-7-9-15(10-8-14)17-13-21-20(24-3)16-5-4-6-18(23)19(16)17/h4-13,23H,1-3H3/b12-11+. The van der Waals surface area contributed by atoms with Gasteiger partial charge in [-0.25, -0.2) is 4.98 Å². The number of aromatic nitrogens is 1. The summed E-state index contributed by atoms with van der Waals surface area (Å²) >= 11 is 0. The van der Waals surface area contributed by atoms with Crippen molar-refractivity contribution >= 4 is 16.8 Å². The van der Waals surface area contributed by atoms with Crippen LogP contribution >= 0.6 is 0 Å². The second-order valence-electron chi connectivity index (χ2n) is 5.78. The van der Waals surface area contributed by atoms with Crippen LogP contribution in [0.3, 0.4) is 0 Å². The molecule has 0 spiro atoms. The average Bonchev–Trinajstić information content (AvgIpc) is 2.60. The normalized spacial score (nSPS) is 11.1. The molecule has 1 heterocycles. The van der Waals surface area contributed by atoms with Crippen LogP contribution in [0.15, 0.2) is 54.9 Å². The molecule has 4 nitrogen and oxygen atoms in total. The molecule has 24 heavy (non-hydrogen) atoms. The molecule has 0 aliphatic heterocycles. The van der Waals surface area contributed by atoms with E-state index >= 15 is 0 Å². The van der Waals surface area contributed by atoms with Crippen molar-refractivity contribution in [2.75, 3.05) is 21.2 Å². The molecule has 3 rings (SSSR count). The fraction of sp³-hybridized carbons (Fsp3) is 0.150. The van der Waals surface area contributed by atoms with E-state index in [0.717, 1.165) is 27.5 Å². The highest BCUT2D eigenvalue weighted by atomic mass is 16.5. The van der Waals surface area contributed by atoms with Crippen LogP contribution in [0.5, 0.6) is 11.6 Å². The monoisotopic (exact) mass is 320 g/mol. The molecule has 0 bridgehead atoms. The van der Waals surface area contributed by atoms with Crippen molar-refractivity contribution in [2.45, 2.75) is 0 Å². The number of pyridine rings is 1. The number of benzene rings is 2. The van der Waals surface area contributed by atoms with Crippen molar-refractivity contribution in [3.63, 3.8) is 0 Å². The number of phenols is 1. The molecule has 0 fully saturated rings. The Morgan fingerprint density at radius 3 is 2.50 bits per heavy atom. The van der Waals surface area contributed by atoms with Crippen LogP contribution < -0.4 is 4.74 Å². The fourth-order valence-electron chi connectivity index (χ4n) is 2.65. The van der Waals surface area contributed by atoms with Gasteiger partial charge in [-0.3, -0.25) is 0 Å². The first kappa shape index (κ1) is 15.9. The lowest BCUT2D eigenvalue weighted by atomic mass is 9.99. The van der Waals surface area contributed by atoms with Crippen LogP contribution in [0.25, 0.3) is 28.0 Å². The molecular formula is C20H20N2O2. The van der Waals surface area contributed by atoms with Gasteiger partial charge in [-0.05, 0) is 35.5 Å². The third kappa shape index (κ3) is 3.04. The Hall–Kier alpha value is -3.01. The molecule has 3 aromatic rings. The molecule has 122 valence electrons. The van der Waals surface area contributed by atoms with Gasteiger partial charge in [-0.2, -0.15) is 0 Å². The topological polar surface area (TPSA) is 45.6 Å². The van der Waals surface area contributed by atoms with Gasteiger partial charge in [-0.1, -0.05) is 30.3 Å². The number of hydrogen-bond donors (Lipinski definition) is 1. The second-order valence-corrected chi connectivity index (χ2v) is 5.78. The SMILES string of the molecule is COc1ncc(-c2ccc(/C=C/N(C)C)cc2)c2c(O)cccc12. The summed E-state index contributed by atoms with van der Waals surface area (Å²) in [7, 11) is 5.56. The number of methoxy groups -OCH3 is 1. The van der Waals surface area contributed by atoms with Crippen molar-refractivity contribution in [3.8, 4) is 22.8 Å². The van der Waals surface area contributed by atoms with Gasteiger partial charge in [0.05, 0.1) is 7.11 Å². The highest BCUT2D eigenvalue weighted by Gasteiger charge is 2.12. The highest BCUT2D eigenvalue weighted by Crippen LogP contribution is 2.37. The predicted molar refractivity (Wildman–Crippen MR) is 98.1 cm³/mol. The summed E-state index contributed by atoms with van der Waals surface area (Å²) in [6, 6.07) is 13.5. The smallest absolute Gasteiger partial charge is 0.221 e. The summed E-state index contributed by atoms with van der Waals surface area (Å²) in [6.07, 6.45) is 5.79. The van der Waals surface area contributed by atoms with Gasteiger partial charge in [0.15, 0.2) is 0 Å². The third-order valence-electron chi connectivity index (χ3n) is 3.83. The zero-order valence-corrected chi connectivity index (χ0v) is 14.0. The maximum Gasteiger partial charge on any atom is 0.221 e. The van der Waals surface area contributed by atoms with Gasteiger partial charge in [0, 0.05) is 36.6 Å². The summed E-state index contributed by atoms with van der Waals surface area (Å²) in [6.45, 7) is 0. The number of fused-ring (bicyclic) bond motifs is 1. The molecule has 0 saturated carbocycles. The molecule has 0 amide bonds. The van der Waals surface area contributed by atoms with E-state index < -0.39 is 0 Å². The van der Waals surface area contributed by atoms with Crippen LogP contribution in [0.2, 0.25) is 0 Å². The van der Waals surface area contributed by atoms with Crippen LogP contribution in [0.4, 0.5) is 0 Å². The molecule has 1 aromatic heterocycles. The van der Waals surface area contributed by atoms with E-state index in [1.807, 2.05) is 61.6 Å². The first-order chi connectivity index (χ1) is 11.6. The molecule has 0 saturated heterocycles. The summed E-state index contributed by atoms with van der Waals surface area (Å²) in [5, 5.41) is 11.9. The van der Waals surface area contributed by atoms with Crippen molar-refractivity contribution in [2.24, 2.45) is 0 Å². The lowest BCUT2D eigenvalue weighted by molar-refractivity contribution is 0.403. The second kappa shape index (κ2) is 6.62. The Kier molecular flexibility index (Phi) is 4.38. The number of aromatic hydroxyl groups is 1. The van der Waals surface area contributed by atoms with Gasteiger partial charge < -0.3 is 14.7 Å². The first-order valence-corrected chi connectivity index (χ1v) is 7.70. The van der Waals surface area contributed by atoms with Crippen LogP contribution in [-0.4, -0.2) is 36.2 Å². The van der Waals surface area contributed by atoms with E-state index in [4.69, 9.17) is 4.74 Å². The maximum atomic E-state index is 10.3. The van der Waals surface area contributed by atoms with Gasteiger partial charge >= 0.3 is 0 Å². The van der Waals surface area contributed by atoms with Gasteiger partial charge in [-0.15, -0.1) is 0 Å². The van der Waals surface area contributed by atoms with Crippen molar-refractivity contribution in [1.29, 1.82) is 0 Å². The Morgan fingerprint density at radius 1 is 1.08 bits per heavy atom. The molecule has 0 aliphatic rings. The summed E-state index contributed by atoms with van der Waals surface area (Å²) in [4.78, 5) is 6.36. The summed E-state index contributed by atoms with van der Waals surface area (Å²) in [5.41, 5.74) is 2.99. The number of nitrogens with zero attached hydrogens (tertiary/aromatic N) is 2. The minimum atomic E-state index is 0.222. The Morgan fingerprint density at radius 2 is 1.83 bits per heavy atom. The Balaban J connectivity index is 2.10. The van der Waals surface area contributed by atoms with Gasteiger partial charge in [0.25, 0.3) is 0 Å². The van der Waals surface area contributed by atoms with Crippen molar-refractivity contribution in [3.05, 3.63) is 60.4 Å². The molecule has 0 radical (unpaired) electrons. The molecule has 0 unspecified atom stereocenters. The predicted octanol–water partition coefficient (Wildman–Crippen LogP) is 4.15. The fourth-order valence-corrected chi connectivity index (χ4v) is 2.65. The molecule has 0 atom stereocenters. The van der Waals surface area contributed by atoms with E-state index in [0.29, 0.717) is 5.88 Å². The van der Waals surface area contributed by atoms with Crippen LogP contribution in [0.1, 0.15) is 5.56 Å². The number of phenolic OH excluding ortho intramolecular Hbond substituents is 1. The molecular weight excluding hydrogens is 300 g/mol. The lowest BCUT2D eigenvalue weighted by Crippen LogP contribution is -1.99. The zero-order chi connectivity index (χ0) is 17.1. The average molecular weight is 320 g/mol. The van der Waals surface area contributed by atoms with E-state index in [1.54, 1.807) is 25.4 Å². The molecule has 1 N–H and O–H groups in total.